The quantitative estimate of drug-likeness (QED) is 0.456. The van der Waals surface area contributed by atoms with E-state index in [1.54, 1.807) is 0 Å². The lowest BCUT2D eigenvalue weighted by Gasteiger charge is -2.02. The van der Waals surface area contributed by atoms with Gasteiger partial charge in [-0.3, -0.25) is 4.79 Å². The zero-order valence-corrected chi connectivity index (χ0v) is 14.8. The van der Waals surface area contributed by atoms with Gasteiger partial charge in [0.15, 0.2) is 5.58 Å². The van der Waals surface area contributed by atoms with Crippen LogP contribution in [0.2, 0.25) is 0 Å². The maximum absolute atomic E-state index is 12.0. The number of para-hydroxylation sites is 1. The Bertz CT molecular complexity index is 1050. The molecule has 0 aliphatic carbocycles. The van der Waals surface area contributed by atoms with Gasteiger partial charge in [0.2, 0.25) is 0 Å². The minimum Gasteiger partial charge on any atom is -0.465 e. The van der Waals surface area contributed by atoms with E-state index in [1.165, 1.54) is 0 Å². The van der Waals surface area contributed by atoms with Crippen LogP contribution in [0.1, 0.15) is 11.5 Å². The van der Waals surface area contributed by atoms with Crippen molar-refractivity contribution in [2.75, 3.05) is 6.61 Å². The Balaban J connectivity index is 1.35. The molecule has 2 aromatic heterocycles. The van der Waals surface area contributed by atoms with Crippen molar-refractivity contribution in [1.82, 2.24) is 5.16 Å². The summed E-state index contributed by atoms with van der Waals surface area (Å²) in [5.41, 5.74) is 2.08. The first kappa shape index (κ1) is 15.9. The molecule has 0 fully saturated rings. The number of aromatic nitrogens is 1. The Morgan fingerprint density at radius 3 is 2.92 bits per heavy atom. The third-order valence-corrected chi connectivity index (χ3v) is 4.40. The number of rotatable bonds is 5. The van der Waals surface area contributed by atoms with Gasteiger partial charge in [0.1, 0.15) is 17.0 Å². The average Bonchev–Trinajstić information content (AvgIpc) is 3.18. The van der Waals surface area contributed by atoms with Gasteiger partial charge >= 0.3 is 5.97 Å². The second-order valence-corrected chi connectivity index (χ2v) is 6.58. The monoisotopic (exact) mass is 399 g/mol. The first-order chi connectivity index (χ1) is 12.2. The van der Waals surface area contributed by atoms with Crippen LogP contribution in [0.3, 0.4) is 0 Å². The molecule has 0 N–H and O–H groups in total. The van der Waals surface area contributed by atoms with Crippen molar-refractivity contribution in [2.45, 2.75) is 12.8 Å². The van der Waals surface area contributed by atoms with Crippen LogP contribution in [0.4, 0.5) is 0 Å². The minimum absolute atomic E-state index is 0.0874. The number of hydrogen-bond donors (Lipinski definition) is 0. The van der Waals surface area contributed by atoms with E-state index in [0.717, 1.165) is 26.6 Å². The number of carbonyl (C=O) groups excluding carboxylic acids is 1. The van der Waals surface area contributed by atoms with Gasteiger partial charge in [0.05, 0.1) is 13.0 Å². The lowest BCUT2D eigenvalue weighted by atomic mass is 10.2. The number of furan rings is 1. The fourth-order valence-corrected chi connectivity index (χ4v) is 3.09. The highest BCUT2D eigenvalue weighted by Crippen LogP contribution is 2.23. The summed E-state index contributed by atoms with van der Waals surface area (Å²) in [6.45, 7) is 0.260. The first-order valence-corrected chi connectivity index (χ1v) is 8.65. The van der Waals surface area contributed by atoms with Crippen LogP contribution < -0.4 is 0 Å². The van der Waals surface area contributed by atoms with Crippen LogP contribution in [-0.4, -0.2) is 17.7 Å². The van der Waals surface area contributed by atoms with E-state index in [1.807, 2.05) is 48.5 Å². The maximum atomic E-state index is 12.0. The molecule has 0 unspecified atom stereocenters. The third kappa shape index (κ3) is 3.44. The highest BCUT2D eigenvalue weighted by Gasteiger charge is 2.13. The molecule has 0 bridgehead atoms. The van der Waals surface area contributed by atoms with Crippen molar-refractivity contribution in [2.24, 2.45) is 0 Å². The predicted octanol–water partition coefficient (Wildman–Crippen LogP) is 4.66. The van der Waals surface area contributed by atoms with Crippen molar-refractivity contribution in [3.05, 3.63) is 64.5 Å². The molecule has 2 heterocycles. The van der Waals surface area contributed by atoms with E-state index >= 15 is 0 Å². The van der Waals surface area contributed by atoms with Crippen LogP contribution in [0, 0.1) is 0 Å². The molecule has 126 valence electrons. The van der Waals surface area contributed by atoms with Crippen molar-refractivity contribution in [1.29, 1.82) is 0 Å². The highest BCUT2D eigenvalue weighted by atomic mass is 79.9. The van der Waals surface area contributed by atoms with E-state index in [0.29, 0.717) is 17.7 Å². The van der Waals surface area contributed by atoms with Gasteiger partial charge in [0, 0.05) is 21.7 Å². The highest BCUT2D eigenvalue weighted by molar-refractivity contribution is 9.10. The Hall–Kier alpha value is -2.60. The lowest BCUT2D eigenvalue weighted by Crippen LogP contribution is -2.10. The normalized spacial score (nSPS) is 11.2. The predicted molar refractivity (Wildman–Crippen MR) is 96.3 cm³/mol. The van der Waals surface area contributed by atoms with Crippen molar-refractivity contribution in [3.63, 3.8) is 0 Å². The molecule has 2 aromatic carbocycles. The molecule has 0 saturated carbocycles. The van der Waals surface area contributed by atoms with Crippen molar-refractivity contribution in [3.8, 4) is 0 Å². The van der Waals surface area contributed by atoms with Crippen LogP contribution in [0.25, 0.3) is 21.9 Å². The summed E-state index contributed by atoms with van der Waals surface area (Å²) in [4.78, 5) is 12.0. The number of hydrogen-bond acceptors (Lipinski definition) is 5. The Kier molecular flexibility index (Phi) is 4.28. The van der Waals surface area contributed by atoms with Crippen LogP contribution in [-0.2, 0) is 22.4 Å². The molecule has 0 atom stereocenters. The van der Waals surface area contributed by atoms with E-state index in [9.17, 15) is 4.79 Å². The molecule has 0 amide bonds. The number of halogens is 1. The molecule has 5 nitrogen and oxygen atoms in total. The summed E-state index contributed by atoms with van der Waals surface area (Å²) in [7, 11) is 0. The standard InChI is InChI=1S/C19H14BrNO4/c20-13-5-6-17-12(9-13)10-14(24-17)7-8-23-19(22)11-16-15-3-1-2-4-18(15)25-21-16/h1-6,9-10H,7-8,11H2. The zero-order valence-electron chi connectivity index (χ0n) is 13.2. The van der Waals surface area contributed by atoms with E-state index in [4.69, 9.17) is 13.7 Å². The fourth-order valence-electron chi connectivity index (χ4n) is 2.71. The topological polar surface area (TPSA) is 65.5 Å². The third-order valence-electron chi connectivity index (χ3n) is 3.90. The molecule has 6 heteroatoms. The van der Waals surface area contributed by atoms with Gasteiger partial charge in [-0.2, -0.15) is 0 Å². The number of benzene rings is 2. The molecule has 0 spiro atoms. The van der Waals surface area contributed by atoms with E-state index in [2.05, 4.69) is 21.1 Å². The van der Waals surface area contributed by atoms with Gasteiger partial charge in [-0.05, 0) is 36.4 Å². The van der Waals surface area contributed by atoms with Crippen LogP contribution in [0.5, 0.6) is 0 Å². The van der Waals surface area contributed by atoms with Crippen LogP contribution in [0.15, 0.2) is 61.9 Å². The van der Waals surface area contributed by atoms with Gasteiger partial charge in [-0.1, -0.05) is 33.2 Å². The SMILES string of the molecule is O=C(Cc1noc2ccccc12)OCCc1cc2cc(Br)ccc2o1. The fraction of sp³-hybridized carbons (Fsp3) is 0.158. The number of fused-ring (bicyclic) bond motifs is 2. The summed E-state index contributed by atoms with van der Waals surface area (Å²) in [6.07, 6.45) is 0.613. The summed E-state index contributed by atoms with van der Waals surface area (Å²) in [6, 6.07) is 15.2. The minimum atomic E-state index is -0.335. The zero-order chi connectivity index (χ0) is 17.2. The van der Waals surface area contributed by atoms with Gasteiger partial charge in [0.25, 0.3) is 0 Å². The Morgan fingerprint density at radius 1 is 1.12 bits per heavy atom. The van der Waals surface area contributed by atoms with Gasteiger partial charge < -0.3 is 13.7 Å². The maximum Gasteiger partial charge on any atom is 0.312 e. The van der Waals surface area contributed by atoms with Gasteiger partial charge in [-0.15, -0.1) is 0 Å². The summed E-state index contributed by atoms with van der Waals surface area (Å²) in [5, 5.41) is 5.79. The van der Waals surface area contributed by atoms with E-state index in [-0.39, 0.29) is 19.0 Å². The second kappa shape index (κ2) is 6.72. The molecule has 4 rings (SSSR count). The van der Waals surface area contributed by atoms with Crippen molar-refractivity contribution < 1.29 is 18.5 Å². The molecule has 0 aliphatic rings. The lowest BCUT2D eigenvalue weighted by molar-refractivity contribution is -0.142. The van der Waals surface area contributed by atoms with Gasteiger partial charge in [-0.25, -0.2) is 0 Å². The molecule has 25 heavy (non-hydrogen) atoms. The summed E-state index contributed by atoms with van der Waals surface area (Å²) in [5.74, 6) is 0.450. The molecular weight excluding hydrogens is 386 g/mol. The van der Waals surface area contributed by atoms with Crippen LogP contribution >= 0.6 is 15.9 Å². The number of carbonyl (C=O) groups is 1. The first-order valence-electron chi connectivity index (χ1n) is 7.86. The number of esters is 1. The molecule has 4 aromatic rings. The molecular formula is C19H14BrNO4. The molecule has 0 radical (unpaired) electrons. The second-order valence-electron chi connectivity index (χ2n) is 5.67. The molecule has 0 saturated heterocycles. The van der Waals surface area contributed by atoms with Crippen molar-refractivity contribution >= 4 is 43.8 Å². The number of ether oxygens (including phenoxy) is 1. The Morgan fingerprint density at radius 2 is 2.00 bits per heavy atom. The average molecular weight is 400 g/mol. The molecule has 0 aliphatic heterocycles. The summed E-state index contributed by atoms with van der Waals surface area (Å²) >= 11 is 3.43. The number of nitrogens with zero attached hydrogens (tertiary/aromatic N) is 1. The largest absolute Gasteiger partial charge is 0.465 e. The Labute approximate surface area is 151 Å². The summed E-state index contributed by atoms with van der Waals surface area (Å²) < 4.78 is 17.2. The smallest absolute Gasteiger partial charge is 0.312 e. The van der Waals surface area contributed by atoms with E-state index < -0.39 is 0 Å².